The van der Waals surface area contributed by atoms with E-state index in [-0.39, 0.29) is 17.9 Å². The van der Waals surface area contributed by atoms with Gasteiger partial charge < -0.3 is 10.6 Å². The number of nitrogens with zero attached hydrogens (tertiary/aromatic N) is 1. The normalized spacial score (nSPS) is 29.0. The summed E-state index contributed by atoms with van der Waals surface area (Å²) in [4.78, 5) is 16.7. The summed E-state index contributed by atoms with van der Waals surface area (Å²) in [6.45, 7) is 5.25. The number of amides is 1. The standard InChI is InChI=1S/C15H23N3OS/c1-3-4-16-9(2)13-8-20-15(17-13)18-14(19)12-6-10-5-11(10)7-12/h8-12,16H,3-7H2,1-2H3,(H,17,18,19). The first-order valence-corrected chi connectivity index (χ1v) is 8.55. The van der Waals surface area contributed by atoms with Gasteiger partial charge in [0.15, 0.2) is 5.13 Å². The number of fused-ring (bicyclic) bond motifs is 1. The highest BCUT2D eigenvalue weighted by Crippen LogP contribution is 2.54. The van der Waals surface area contributed by atoms with Crippen molar-refractivity contribution in [2.24, 2.45) is 17.8 Å². The van der Waals surface area contributed by atoms with Gasteiger partial charge in [0.05, 0.1) is 5.69 Å². The fraction of sp³-hybridized carbons (Fsp3) is 0.733. The number of rotatable bonds is 6. The maximum atomic E-state index is 12.2. The van der Waals surface area contributed by atoms with Gasteiger partial charge in [-0.2, -0.15) is 0 Å². The van der Waals surface area contributed by atoms with Crippen LogP contribution in [-0.4, -0.2) is 17.4 Å². The Morgan fingerprint density at radius 3 is 2.90 bits per heavy atom. The van der Waals surface area contributed by atoms with Crippen LogP contribution in [0.25, 0.3) is 0 Å². The lowest BCUT2D eigenvalue weighted by atomic mass is 10.0. The van der Waals surface area contributed by atoms with Gasteiger partial charge in [0, 0.05) is 17.3 Å². The van der Waals surface area contributed by atoms with Crippen molar-refractivity contribution < 1.29 is 4.79 Å². The molecule has 3 atom stereocenters. The molecule has 0 radical (unpaired) electrons. The lowest BCUT2D eigenvalue weighted by Crippen LogP contribution is -2.22. The molecule has 110 valence electrons. The number of carbonyl (C=O) groups is 1. The van der Waals surface area contributed by atoms with Gasteiger partial charge in [-0.05, 0) is 51.0 Å². The number of anilines is 1. The summed E-state index contributed by atoms with van der Waals surface area (Å²) in [5.74, 6) is 2.08. The second-order valence-corrected chi connectivity index (χ2v) is 7.02. The highest BCUT2D eigenvalue weighted by atomic mass is 32.1. The molecule has 2 aliphatic carbocycles. The van der Waals surface area contributed by atoms with E-state index in [4.69, 9.17) is 0 Å². The minimum Gasteiger partial charge on any atom is -0.309 e. The first kappa shape index (κ1) is 14.0. The minimum absolute atomic E-state index is 0.173. The molecule has 5 heteroatoms. The average molecular weight is 293 g/mol. The molecule has 4 nitrogen and oxygen atoms in total. The van der Waals surface area contributed by atoms with E-state index in [2.05, 4.69) is 29.5 Å². The molecule has 1 heterocycles. The predicted molar refractivity (Wildman–Crippen MR) is 81.8 cm³/mol. The Labute approximate surface area is 124 Å². The largest absolute Gasteiger partial charge is 0.309 e. The molecule has 2 saturated carbocycles. The Balaban J connectivity index is 1.52. The van der Waals surface area contributed by atoms with Crippen LogP contribution in [0.1, 0.15) is 51.3 Å². The predicted octanol–water partition coefficient (Wildman–Crippen LogP) is 3.19. The van der Waals surface area contributed by atoms with Crippen molar-refractivity contribution in [2.75, 3.05) is 11.9 Å². The van der Waals surface area contributed by atoms with E-state index in [0.29, 0.717) is 0 Å². The fourth-order valence-corrected chi connectivity index (χ4v) is 3.95. The van der Waals surface area contributed by atoms with Crippen LogP contribution in [0.3, 0.4) is 0 Å². The van der Waals surface area contributed by atoms with E-state index in [9.17, 15) is 4.79 Å². The van der Waals surface area contributed by atoms with Crippen molar-refractivity contribution in [2.45, 2.75) is 45.6 Å². The van der Waals surface area contributed by atoms with E-state index >= 15 is 0 Å². The van der Waals surface area contributed by atoms with Crippen LogP contribution in [0.2, 0.25) is 0 Å². The quantitative estimate of drug-likeness (QED) is 0.847. The average Bonchev–Trinajstić information content (AvgIpc) is 2.88. The smallest absolute Gasteiger partial charge is 0.229 e. The Kier molecular flexibility index (Phi) is 4.08. The summed E-state index contributed by atoms with van der Waals surface area (Å²) in [7, 11) is 0. The maximum absolute atomic E-state index is 12.2. The van der Waals surface area contributed by atoms with Crippen molar-refractivity contribution >= 4 is 22.4 Å². The number of nitrogens with one attached hydrogen (secondary N) is 2. The molecule has 3 unspecified atom stereocenters. The molecule has 0 aliphatic heterocycles. The zero-order chi connectivity index (χ0) is 14.1. The van der Waals surface area contributed by atoms with Gasteiger partial charge in [-0.25, -0.2) is 4.98 Å². The molecule has 20 heavy (non-hydrogen) atoms. The Bertz CT molecular complexity index is 477. The molecule has 1 aromatic rings. The van der Waals surface area contributed by atoms with Gasteiger partial charge in [0.1, 0.15) is 0 Å². The highest BCUT2D eigenvalue weighted by molar-refractivity contribution is 7.13. The van der Waals surface area contributed by atoms with Crippen LogP contribution in [0.4, 0.5) is 5.13 Å². The second kappa shape index (κ2) is 5.82. The van der Waals surface area contributed by atoms with E-state index in [1.54, 1.807) is 0 Å². The summed E-state index contributed by atoms with van der Waals surface area (Å²) >= 11 is 1.53. The molecule has 0 saturated heterocycles. The van der Waals surface area contributed by atoms with Crippen molar-refractivity contribution in [1.82, 2.24) is 10.3 Å². The number of aromatic nitrogens is 1. The van der Waals surface area contributed by atoms with Crippen LogP contribution < -0.4 is 10.6 Å². The molecule has 3 rings (SSSR count). The molecular formula is C15H23N3OS. The first-order chi connectivity index (χ1) is 9.67. The molecule has 2 aliphatic rings. The van der Waals surface area contributed by atoms with Gasteiger partial charge in [0.2, 0.25) is 5.91 Å². The van der Waals surface area contributed by atoms with E-state index in [1.807, 2.05) is 5.38 Å². The summed E-state index contributed by atoms with van der Waals surface area (Å²) in [5.41, 5.74) is 1.02. The minimum atomic E-state index is 0.173. The van der Waals surface area contributed by atoms with Crippen LogP contribution in [0.15, 0.2) is 5.38 Å². The van der Waals surface area contributed by atoms with E-state index < -0.39 is 0 Å². The lowest BCUT2D eigenvalue weighted by molar-refractivity contribution is -0.120. The number of carbonyl (C=O) groups excluding carboxylic acids is 1. The van der Waals surface area contributed by atoms with Crippen molar-refractivity contribution in [3.05, 3.63) is 11.1 Å². The molecule has 0 spiro atoms. The zero-order valence-electron chi connectivity index (χ0n) is 12.2. The number of hydrogen-bond donors (Lipinski definition) is 2. The van der Waals surface area contributed by atoms with E-state index in [1.165, 1.54) is 17.8 Å². The van der Waals surface area contributed by atoms with Crippen molar-refractivity contribution in [1.29, 1.82) is 0 Å². The Morgan fingerprint density at radius 2 is 2.20 bits per heavy atom. The molecule has 2 N–H and O–H groups in total. The third-order valence-electron chi connectivity index (χ3n) is 4.51. The third-order valence-corrected chi connectivity index (χ3v) is 5.29. The van der Waals surface area contributed by atoms with Crippen LogP contribution >= 0.6 is 11.3 Å². The monoisotopic (exact) mass is 293 g/mol. The maximum Gasteiger partial charge on any atom is 0.229 e. The van der Waals surface area contributed by atoms with Gasteiger partial charge in [0.25, 0.3) is 0 Å². The van der Waals surface area contributed by atoms with Crippen LogP contribution in [0, 0.1) is 17.8 Å². The lowest BCUT2D eigenvalue weighted by Gasteiger charge is -2.11. The third kappa shape index (κ3) is 3.04. The molecular weight excluding hydrogens is 270 g/mol. The fourth-order valence-electron chi connectivity index (χ4n) is 3.14. The number of hydrogen-bond acceptors (Lipinski definition) is 4. The highest BCUT2D eigenvalue weighted by Gasteiger charge is 2.48. The van der Waals surface area contributed by atoms with Gasteiger partial charge in [-0.15, -0.1) is 11.3 Å². The van der Waals surface area contributed by atoms with Crippen LogP contribution in [-0.2, 0) is 4.79 Å². The van der Waals surface area contributed by atoms with Gasteiger partial charge in [-0.3, -0.25) is 4.79 Å². The Hall–Kier alpha value is -0.940. The summed E-state index contributed by atoms with van der Waals surface area (Å²) in [6, 6.07) is 0.246. The Morgan fingerprint density at radius 1 is 1.45 bits per heavy atom. The van der Waals surface area contributed by atoms with Crippen LogP contribution in [0.5, 0.6) is 0 Å². The second-order valence-electron chi connectivity index (χ2n) is 6.17. The summed E-state index contributed by atoms with van der Waals surface area (Å²) < 4.78 is 0. The summed E-state index contributed by atoms with van der Waals surface area (Å²) in [6.07, 6.45) is 4.64. The molecule has 1 amide bonds. The molecule has 2 fully saturated rings. The SMILES string of the molecule is CCCNC(C)c1csc(NC(=O)C2CC3CC3C2)n1. The zero-order valence-corrected chi connectivity index (χ0v) is 13.0. The van der Waals surface area contributed by atoms with Crippen molar-refractivity contribution in [3.63, 3.8) is 0 Å². The molecule has 0 aromatic carbocycles. The first-order valence-electron chi connectivity index (χ1n) is 7.67. The molecule has 1 aromatic heterocycles. The van der Waals surface area contributed by atoms with Gasteiger partial charge in [-0.1, -0.05) is 6.92 Å². The van der Waals surface area contributed by atoms with Gasteiger partial charge >= 0.3 is 0 Å². The molecule has 0 bridgehead atoms. The van der Waals surface area contributed by atoms with E-state index in [0.717, 1.165) is 48.5 Å². The van der Waals surface area contributed by atoms with Crippen molar-refractivity contribution in [3.8, 4) is 0 Å². The summed E-state index contributed by atoms with van der Waals surface area (Å²) in [5, 5.41) is 9.19. The topological polar surface area (TPSA) is 54.0 Å². The number of thiazole rings is 1.